The Bertz CT molecular complexity index is 596. The van der Waals surface area contributed by atoms with Crippen molar-refractivity contribution in [3.8, 4) is 0 Å². The number of amides is 1. The van der Waals surface area contributed by atoms with Crippen LogP contribution in [-0.4, -0.2) is 48.4 Å². The highest BCUT2D eigenvalue weighted by Crippen LogP contribution is 2.25. The van der Waals surface area contributed by atoms with Gasteiger partial charge in [0.25, 0.3) is 0 Å². The third-order valence-corrected chi connectivity index (χ3v) is 4.25. The summed E-state index contributed by atoms with van der Waals surface area (Å²) in [4.78, 5) is 26.3. The molecule has 6 heteroatoms. The first-order valence-electron chi connectivity index (χ1n) is 9.03. The van der Waals surface area contributed by atoms with Crippen molar-refractivity contribution in [2.75, 3.05) is 13.7 Å². The van der Waals surface area contributed by atoms with Gasteiger partial charge in [0.15, 0.2) is 6.10 Å². The number of esters is 1. The van der Waals surface area contributed by atoms with Gasteiger partial charge in [0.2, 0.25) is 0 Å². The van der Waals surface area contributed by atoms with Gasteiger partial charge in [-0.15, -0.1) is 0 Å². The largest absolute Gasteiger partial charge is 0.467 e. The summed E-state index contributed by atoms with van der Waals surface area (Å²) in [7, 11) is 1.35. The Labute approximate surface area is 155 Å². The molecule has 1 aromatic carbocycles. The van der Waals surface area contributed by atoms with Crippen molar-refractivity contribution in [3.05, 3.63) is 35.9 Å². The minimum atomic E-state index is -0.715. The van der Waals surface area contributed by atoms with Crippen LogP contribution in [0.3, 0.4) is 0 Å². The normalized spacial score (nSPS) is 18.5. The lowest BCUT2D eigenvalue weighted by Crippen LogP contribution is -2.42. The van der Waals surface area contributed by atoms with E-state index in [1.807, 2.05) is 51.1 Å². The Balaban J connectivity index is 1.99. The lowest BCUT2D eigenvalue weighted by Gasteiger charge is -2.30. The van der Waals surface area contributed by atoms with Crippen molar-refractivity contribution in [3.63, 3.8) is 0 Å². The fourth-order valence-corrected chi connectivity index (χ4v) is 3.02. The first-order chi connectivity index (χ1) is 12.3. The molecule has 0 spiro atoms. The standard InChI is InChI=1S/C20H29NO5/c1-20(2,3)26-19(23)21-12-8-11-16(21)13-17(18(22)24-4)25-14-15-9-6-5-7-10-15/h5-7,9-10,16-17H,8,11-14H2,1-4H3. The van der Waals surface area contributed by atoms with Gasteiger partial charge in [0, 0.05) is 19.0 Å². The fourth-order valence-electron chi connectivity index (χ4n) is 3.02. The van der Waals surface area contributed by atoms with Gasteiger partial charge in [-0.25, -0.2) is 9.59 Å². The van der Waals surface area contributed by atoms with E-state index in [9.17, 15) is 9.59 Å². The lowest BCUT2D eigenvalue weighted by atomic mass is 10.1. The zero-order chi connectivity index (χ0) is 19.2. The molecule has 1 aromatic rings. The molecule has 26 heavy (non-hydrogen) atoms. The maximum Gasteiger partial charge on any atom is 0.410 e. The van der Waals surface area contributed by atoms with Crippen molar-refractivity contribution in [1.82, 2.24) is 4.90 Å². The Hall–Kier alpha value is -2.08. The van der Waals surface area contributed by atoms with Gasteiger partial charge in [0.1, 0.15) is 5.60 Å². The van der Waals surface area contributed by atoms with Crippen molar-refractivity contribution in [2.24, 2.45) is 0 Å². The molecule has 1 heterocycles. The number of carbonyl (C=O) groups is 2. The van der Waals surface area contributed by atoms with E-state index in [4.69, 9.17) is 14.2 Å². The minimum absolute atomic E-state index is 0.0928. The summed E-state index contributed by atoms with van der Waals surface area (Å²) in [6.07, 6.45) is 1.05. The van der Waals surface area contributed by atoms with Crippen LogP contribution in [0.5, 0.6) is 0 Å². The van der Waals surface area contributed by atoms with Gasteiger partial charge in [-0.2, -0.15) is 0 Å². The van der Waals surface area contributed by atoms with E-state index in [-0.39, 0.29) is 12.1 Å². The Morgan fingerprint density at radius 1 is 1.23 bits per heavy atom. The monoisotopic (exact) mass is 363 g/mol. The number of rotatable bonds is 6. The van der Waals surface area contributed by atoms with Crippen LogP contribution in [0.25, 0.3) is 0 Å². The van der Waals surface area contributed by atoms with E-state index in [0.29, 0.717) is 19.6 Å². The van der Waals surface area contributed by atoms with Gasteiger partial charge in [-0.05, 0) is 39.2 Å². The first kappa shape index (κ1) is 20.2. The van der Waals surface area contributed by atoms with E-state index in [1.165, 1.54) is 7.11 Å². The molecule has 2 unspecified atom stereocenters. The second kappa shape index (κ2) is 9.03. The van der Waals surface area contributed by atoms with Crippen LogP contribution in [0.2, 0.25) is 0 Å². The van der Waals surface area contributed by atoms with E-state index >= 15 is 0 Å². The van der Waals surface area contributed by atoms with Gasteiger partial charge >= 0.3 is 12.1 Å². The summed E-state index contributed by atoms with van der Waals surface area (Å²) in [6.45, 7) is 6.48. The average Bonchev–Trinajstić information content (AvgIpc) is 3.05. The third kappa shape index (κ3) is 6.02. The molecule has 1 saturated heterocycles. The number of nitrogens with zero attached hydrogens (tertiary/aromatic N) is 1. The van der Waals surface area contributed by atoms with Gasteiger partial charge in [-0.3, -0.25) is 0 Å². The molecule has 2 rings (SSSR count). The number of carbonyl (C=O) groups excluding carboxylic acids is 2. The molecule has 0 aromatic heterocycles. The molecule has 0 N–H and O–H groups in total. The zero-order valence-electron chi connectivity index (χ0n) is 16.1. The summed E-state index contributed by atoms with van der Waals surface area (Å²) in [5.41, 5.74) is 0.437. The minimum Gasteiger partial charge on any atom is -0.467 e. The van der Waals surface area contributed by atoms with Crippen LogP contribution in [0.4, 0.5) is 4.79 Å². The summed E-state index contributed by atoms with van der Waals surface area (Å²) < 4.78 is 16.2. The number of hydrogen-bond acceptors (Lipinski definition) is 5. The fraction of sp³-hybridized carbons (Fsp3) is 0.600. The van der Waals surface area contributed by atoms with E-state index < -0.39 is 17.7 Å². The van der Waals surface area contributed by atoms with E-state index in [2.05, 4.69) is 0 Å². The van der Waals surface area contributed by atoms with E-state index in [1.54, 1.807) is 4.90 Å². The second-order valence-corrected chi connectivity index (χ2v) is 7.51. The molecule has 1 aliphatic rings. The highest BCUT2D eigenvalue weighted by atomic mass is 16.6. The van der Waals surface area contributed by atoms with Crippen molar-refractivity contribution in [2.45, 2.75) is 64.4 Å². The Morgan fingerprint density at radius 3 is 2.54 bits per heavy atom. The molecule has 0 saturated carbocycles. The van der Waals surface area contributed by atoms with Gasteiger partial charge < -0.3 is 19.1 Å². The highest BCUT2D eigenvalue weighted by Gasteiger charge is 2.35. The average molecular weight is 363 g/mol. The molecule has 0 radical (unpaired) electrons. The zero-order valence-corrected chi connectivity index (χ0v) is 16.1. The number of methoxy groups -OCH3 is 1. The molecule has 144 valence electrons. The second-order valence-electron chi connectivity index (χ2n) is 7.51. The predicted molar refractivity (Wildman–Crippen MR) is 97.6 cm³/mol. The van der Waals surface area contributed by atoms with Crippen LogP contribution < -0.4 is 0 Å². The molecular weight excluding hydrogens is 334 g/mol. The smallest absolute Gasteiger partial charge is 0.410 e. The van der Waals surface area contributed by atoms with Crippen molar-refractivity contribution < 1.29 is 23.8 Å². The molecule has 1 amide bonds. The van der Waals surface area contributed by atoms with Crippen LogP contribution >= 0.6 is 0 Å². The van der Waals surface area contributed by atoms with Gasteiger partial charge in [0.05, 0.1) is 13.7 Å². The van der Waals surface area contributed by atoms with Crippen LogP contribution in [0, 0.1) is 0 Å². The topological polar surface area (TPSA) is 65.1 Å². The van der Waals surface area contributed by atoms with Crippen molar-refractivity contribution in [1.29, 1.82) is 0 Å². The number of hydrogen-bond donors (Lipinski definition) is 0. The highest BCUT2D eigenvalue weighted by molar-refractivity contribution is 5.75. The Kier molecular flexibility index (Phi) is 7.03. The molecule has 2 atom stereocenters. The van der Waals surface area contributed by atoms with E-state index in [0.717, 1.165) is 18.4 Å². The van der Waals surface area contributed by atoms with Gasteiger partial charge in [-0.1, -0.05) is 30.3 Å². The number of likely N-dealkylation sites (tertiary alicyclic amines) is 1. The first-order valence-corrected chi connectivity index (χ1v) is 9.03. The number of benzene rings is 1. The molecule has 6 nitrogen and oxygen atoms in total. The maximum absolute atomic E-state index is 12.4. The molecule has 0 aliphatic carbocycles. The predicted octanol–water partition coefficient (Wildman–Crippen LogP) is 3.53. The summed E-state index contributed by atoms with van der Waals surface area (Å²) >= 11 is 0. The number of ether oxygens (including phenoxy) is 3. The molecule has 1 fully saturated rings. The van der Waals surface area contributed by atoms with Crippen LogP contribution in [0.15, 0.2) is 30.3 Å². The van der Waals surface area contributed by atoms with Crippen molar-refractivity contribution >= 4 is 12.1 Å². The third-order valence-electron chi connectivity index (χ3n) is 4.25. The molecular formula is C20H29NO5. The molecule has 1 aliphatic heterocycles. The van der Waals surface area contributed by atoms with Crippen LogP contribution in [-0.2, 0) is 25.6 Å². The van der Waals surface area contributed by atoms with Crippen LogP contribution in [0.1, 0.15) is 45.6 Å². The summed E-state index contributed by atoms with van der Waals surface area (Å²) in [5, 5.41) is 0. The lowest BCUT2D eigenvalue weighted by molar-refractivity contribution is -0.156. The quantitative estimate of drug-likeness (QED) is 0.724. The summed E-state index contributed by atoms with van der Waals surface area (Å²) in [6, 6.07) is 9.57. The Morgan fingerprint density at radius 2 is 1.92 bits per heavy atom. The molecule has 0 bridgehead atoms. The summed E-state index contributed by atoms with van der Waals surface area (Å²) in [5.74, 6) is -0.419. The maximum atomic E-state index is 12.4. The SMILES string of the molecule is COC(=O)C(CC1CCCN1C(=O)OC(C)(C)C)OCc1ccccc1.